The van der Waals surface area contributed by atoms with E-state index in [-0.39, 0.29) is 0 Å². The van der Waals surface area contributed by atoms with Crippen LogP contribution in [0.5, 0.6) is 0 Å². The van der Waals surface area contributed by atoms with Gasteiger partial charge in [-0.25, -0.2) is 14.6 Å². The minimum absolute atomic E-state index is 0.460. The van der Waals surface area contributed by atoms with Crippen LogP contribution in [0.1, 0.15) is 27.2 Å². The monoisotopic (exact) mass is 282 g/mol. The Balaban J connectivity index is 2.30. The quantitative estimate of drug-likeness (QED) is 0.680. The molecule has 0 aromatic carbocycles. The molecule has 112 valence electrons. The average Bonchev–Trinajstić information content (AvgIpc) is 2.83. The number of aromatic nitrogens is 2. The summed E-state index contributed by atoms with van der Waals surface area (Å²) in [4.78, 5) is 26.7. The van der Waals surface area contributed by atoms with Crippen molar-refractivity contribution in [1.82, 2.24) is 20.2 Å². The first-order valence-electron chi connectivity index (χ1n) is 6.53. The predicted octanol–water partition coefficient (Wildman–Crippen LogP) is 1.07. The maximum atomic E-state index is 11.7. The van der Waals surface area contributed by atoms with E-state index in [1.807, 2.05) is 10.8 Å². The van der Waals surface area contributed by atoms with Crippen LogP contribution in [0.3, 0.4) is 0 Å². The van der Waals surface area contributed by atoms with Gasteiger partial charge in [0, 0.05) is 25.5 Å². The number of aliphatic carboxylic acids is 1. The molecule has 1 aromatic heterocycles. The smallest absolute Gasteiger partial charge is 0.326 e. The lowest BCUT2D eigenvalue weighted by atomic mass is 9.87. The highest BCUT2D eigenvalue weighted by Crippen LogP contribution is 2.19. The van der Waals surface area contributed by atoms with E-state index in [9.17, 15) is 9.59 Å². The summed E-state index contributed by atoms with van der Waals surface area (Å²) in [5.74, 6) is -1.04. The number of carbonyl (C=O) groups is 2. The Labute approximate surface area is 118 Å². The molecule has 1 unspecified atom stereocenters. The zero-order chi connectivity index (χ0) is 15.2. The van der Waals surface area contributed by atoms with Crippen molar-refractivity contribution in [2.24, 2.45) is 5.41 Å². The van der Waals surface area contributed by atoms with Gasteiger partial charge < -0.3 is 20.3 Å². The van der Waals surface area contributed by atoms with E-state index < -0.39 is 23.5 Å². The van der Waals surface area contributed by atoms with Gasteiger partial charge in [0.1, 0.15) is 6.04 Å². The molecule has 2 amide bonds. The topological polar surface area (TPSA) is 96.3 Å². The number of aryl methyl sites for hydroxylation is 1. The number of carbonyl (C=O) groups excluding carboxylic acids is 1. The van der Waals surface area contributed by atoms with Gasteiger partial charge in [0.25, 0.3) is 0 Å². The molecule has 0 fully saturated rings. The Hall–Kier alpha value is -2.05. The van der Waals surface area contributed by atoms with Crippen molar-refractivity contribution in [2.75, 3.05) is 6.54 Å². The van der Waals surface area contributed by atoms with Crippen LogP contribution in [-0.2, 0) is 11.3 Å². The van der Waals surface area contributed by atoms with Gasteiger partial charge in [-0.1, -0.05) is 20.8 Å². The molecule has 0 saturated heterocycles. The van der Waals surface area contributed by atoms with Crippen LogP contribution >= 0.6 is 0 Å². The van der Waals surface area contributed by atoms with Gasteiger partial charge in [0.2, 0.25) is 0 Å². The largest absolute Gasteiger partial charge is 0.480 e. The van der Waals surface area contributed by atoms with E-state index in [0.717, 1.165) is 13.0 Å². The molecule has 0 spiro atoms. The first-order chi connectivity index (χ1) is 9.30. The highest BCUT2D eigenvalue weighted by Gasteiger charge is 2.32. The number of rotatable bonds is 6. The maximum Gasteiger partial charge on any atom is 0.326 e. The van der Waals surface area contributed by atoms with E-state index in [2.05, 4.69) is 15.6 Å². The number of nitrogens with one attached hydrogen (secondary N) is 2. The number of hydrogen-bond donors (Lipinski definition) is 3. The third-order valence-corrected chi connectivity index (χ3v) is 2.83. The Morgan fingerprint density at radius 2 is 2.10 bits per heavy atom. The van der Waals surface area contributed by atoms with Crippen molar-refractivity contribution in [3.8, 4) is 0 Å². The first-order valence-corrected chi connectivity index (χ1v) is 6.53. The van der Waals surface area contributed by atoms with Gasteiger partial charge in [0.15, 0.2) is 0 Å². The molecule has 7 nitrogen and oxygen atoms in total. The molecule has 1 aromatic rings. The second kappa shape index (κ2) is 6.93. The molecule has 7 heteroatoms. The van der Waals surface area contributed by atoms with Crippen molar-refractivity contribution in [1.29, 1.82) is 0 Å². The van der Waals surface area contributed by atoms with Crippen molar-refractivity contribution in [3.05, 3.63) is 18.7 Å². The molecule has 0 bridgehead atoms. The van der Waals surface area contributed by atoms with Crippen LogP contribution in [0, 0.1) is 5.41 Å². The molecule has 0 aliphatic rings. The lowest BCUT2D eigenvalue weighted by Gasteiger charge is -2.27. The Bertz CT molecular complexity index is 437. The predicted molar refractivity (Wildman–Crippen MR) is 74.3 cm³/mol. The van der Waals surface area contributed by atoms with E-state index in [1.54, 1.807) is 33.3 Å². The molecule has 3 N–H and O–H groups in total. The van der Waals surface area contributed by atoms with Gasteiger partial charge in [-0.2, -0.15) is 0 Å². The summed E-state index contributed by atoms with van der Waals surface area (Å²) in [6.45, 7) is 6.53. The second-order valence-electron chi connectivity index (χ2n) is 5.69. The van der Waals surface area contributed by atoms with Gasteiger partial charge in [0.05, 0.1) is 6.33 Å². The van der Waals surface area contributed by atoms with Gasteiger partial charge in [-0.15, -0.1) is 0 Å². The zero-order valence-corrected chi connectivity index (χ0v) is 12.1. The average molecular weight is 282 g/mol. The Morgan fingerprint density at radius 1 is 1.40 bits per heavy atom. The van der Waals surface area contributed by atoms with Gasteiger partial charge in [-0.3, -0.25) is 0 Å². The highest BCUT2D eigenvalue weighted by molar-refractivity contribution is 5.83. The summed E-state index contributed by atoms with van der Waals surface area (Å²) in [6, 6.07) is -1.38. The van der Waals surface area contributed by atoms with E-state index in [4.69, 9.17) is 5.11 Å². The van der Waals surface area contributed by atoms with Crippen LogP contribution in [0.15, 0.2) is 18.7 Å². The van der Waals surface area contributed by atoms with Crippen LogP contribution in [-0.4, -0.2) is 39.2 Å². The summed E-state index contributed by atoms with van der Waals surface area (Å²) in [5, 5.41) is 14.2. The van der Waals surface area contributed by atoms with Gasteiger partial charge >= 0.3 is 12.0 Å². The fourth-order valence-electron chi connectivity index (χ4n) is 1.71. The van der Waals surface area contributed by atoms with E-state index in [1.165, 1.54) is 0 Å². The second-order valence-corrected chi connectivity index (χ2v) is 5.69. The molecular formula is C13H22N4O3. The molecule has 1 rings (SSSR count). The van der Waals surface area contributed by atoms with Crippen molar-refractivity contribution in [2.45, 2.75) is 39.8 Å². The fourth-order valence-corrected chi connectivity index (χ4v) is 1.71. The maximum absolute atomic E-state index is 11.7. The minimum atomic E-state index is -1.04. The summed E-state index contributed by atoms with van der Waals surface area (Å²) >= 11 is 0. The number of carboxylic acid groups (broad SMARTS) is 1. The molecular weight excluding hydrogens is 260 g/mol. The minimum Gasteiger partial charge on any atom is -0.480 e. The number of amides is 2. The number of hydrogen-bond acceptors (Lipinski definition) is 3. The van der Waals surface area contributed by atoms with Crippen LogP contribution in [0.25, 0.3) is 0 Å². The number of nitrogens with zero attached hydrogens (tertiary/aromatic N) is 2. The SMILES string of the molecule is CC(C)(C)C(NC(=O)NCCCn1ccnc1)C(=O)O. The van der Waals surface area contributed by atoms with Crippen LogP contribution in [0.4, 0.5) is 4.79 Å². The number of carboxylic acids is 1. The molecule has 1 heterocycles. The summed E-state index contributed by atoms with van der Waals surface area (Å²) in [7, 11) is 0. The van der Waals surface area contributed by atoms with Gasteiger partial charge in [-0.05, 0) is 11.8 Å². The zero-order valence-electron chi connectivity index (χ0n) is 12.1. The number of urea groups is 1. The fraction of sp³-hybridized carbons (Fsp3) is 0.615. The third kappa shape index (κ3) is 5.29. The first kappa shape index (κ1) is 16.0. The molecule has 20 heavy (non-hydrogen) atoms. The molecule has 0 aliphatic carbocycles. The van der Waals surface area contributed by atoms with Crippen LogP contribution in [0.2, 0.25) is 0 Å². The summed E-state index contributed by atoms with van der Waals surface area (Å²) in [5.41, 5.74) is -0.542. The normalized spacial score (nSPS) is 12.8. The van der Waals surface area contributed by atoms with Crippen LogP contribution < -0.4 is 10.6 Å². The lowest BCUT2D eigenvalue weighted by molar-refractivity contribution is -0.141. The Morgan fingerprint density at radius 3 is 2.60 bits per heavy atom. The van der Waals surface area contributed by atoms with Crippen molar-refractivity contribution >= 4 is 12.0 Å². The third-order valence-electron chi connectivity index (χ3n) is 2.83. The molecule has 0 radical (unpaired) electrons. The highest BCUT2D eigenvalue weighted by atomic mass is 16.4. The summed E-state index contributed by atoms with van der Waals surface area (Å²) in [6.07, 6.45) is 6.00. The van der Waals surface area contributed by atoms with E-state index in [0.29, 0.717) is 6.54 Å². The molecule has 0 aliphatic heterocycles. The Kier molecular flexibility index (Phi) is 5.54. The van der Waals surface area contributed by atoms with Crippen molar-refractivity contribution < 1.29 is 14.7 Å². The summed E-state index contributed by atoms with van der Waals surface area (Å²) < 4.78 is 1.91. The molecule has 1 atom stereocenters. The number of imidazole rings is 1. The lowest BCUT2D eigenvalue weighted by Crippen LogP contribution is -2.52. The molecule has 0 saturated carbocycles. The standard InChI is InChI=1S/C13H22N4O3/c1-13(2,3)10(11(18)19)16-12(20)15-5-4-7-17-8-6-14-9-17/h6,8-10H,4-5,7H2,1-3H3,(H,18,19)(H2,15,16,20). The van der Waals surface area contributed by atoms with E-state index >= 15 is 0 Å². The van der Waals surface area contributed by atoms with Crippen molar-refractivity contribution in [3.63, 3.8) is 0 Å².